The third-order valence-corrected chi connectivity index (χ3v) is 5.45. The van der Waals surface area contributed by atoms with Crippen LogP contribution in [0, 0.1) is 24.4 Å². The molecule has 7 nitrogen and oxygen atoms in total. The van der Waals surface area contributed by atoms with Crippen molar-refractivity contribution in [3.05, 3.63) is 75.5 Å². The number of fused-ring (bicyclic) bond motifs is 1. The first-order chi connectivity index (χ1) is 15.3. The van der Waals surface area contributed by atoms with Crippen LogP contribution in [0.25, 0.3) is 11.0 Å². The fraction of sp³-hybridized carbons (Fsp3) is 0.143. The highest BCUT2D eigenvalue weighted by Crippen LogP contribution is 2.21. The zero-order valence-corrected chi connectivity index (χ0v) is 17.5. The molecule has 0 saturated heterocycles. The van der Waals surface area contributed by atoms with Gasteiger partial charge in [-0.1, -0.05) is 6.07 Å². The van der Waals surface area contributed by atoms with Crippen LogP contribution in [-0.2, 0) is 11.3 Å². The number of hydrogen-bond acceptors (Lipinski definition) is 5. The number of aryl methyl sites for hydroxylation is 1. The summed E-state index contributed by atoms with van der Waals surface area (Å²) in [5.74, 6) is -5.95. The van der Waals surface area contributed by atoms with Crippen molar-refractivity contribution in [1.82, 2.24) is 20.1 Å². The van der Waals surface area contributed by atoms with Crippen molar-refractivity contribution in [2.45, 2.75) is 13.5 Å². The van der Waals surface area contributed by atoms with Crippen molar-refractivity contribution in [3.63, 3.8) is 0 Å². The summed E-state index contributed by atoms with van der Waals surface area (Å²) in [7, 11) is 0. The summed E-state index contributed by atoms with van der Waals surface area (Å²) in [6, 6.07) is 7.06. The standard InChI is InChI=1S/C21H16F3N5O2S/c1-11-7-13(14-8-26-29(20(14)27-11)10-12-3-2-6-32-12)21(31)25-9-17(30)28-16-5-4-15(22)18(23)19(16)24/h2-8H,9-10H2,1H3,(H,25,31)(H,28,30). The van der Waals surface area contributed by atoms with Crippen LogP contribution in [-0.4, -0.2) is 33.1 Å². The van der Waals surface area contributed by atoms with E-state index in [1.54, 1.807) is 29.0 Å². The van der Waals surface area contributed by atoms with Crippen LogP contribution in [0.2, 0.25) is 0 Å². The van der Waals surface area contributed by atoms with E-state index in [-0.39, 0.29) is 5.56 Å². The number of rotatable bonds is 6. The van der Waals surface area contributed by atoms with E-state index in [2.05, 4.69) is 20.7 Å². The van der Waals surface area contributed by atoms with Gasteiger partial charge >= 0.3 is 0 Å². The highest BCUT2D eigenvalue weighted by atomic mass is 32.1. The van der Waals surface area contributed by atoms with Gasteiger partial charge in [-0.25, -0.2) is 22.8 Å². The first-order valence-corrected chi connectivity index (χ1v) is 10.3. The van der Waals surface area contributed by atoms with Crippen molar-refractivity contribution >= 4 is 39.9 Å². The average molecular weight is 459 g/mol. The lowest BCUT2D eigenvalue weighted by molar-refractivity contribution is -0.115. The Kier molecular flexibility index (Phi) is 5.91. The van der Waals surface area contributed by atoms with Crippen LogP contribution in [0.5, 0.6) is 0 Å². The summed E-state index contributed by atoms with van der Waals surface area (Å²) in [4.78, 5) is 30.3. The highest BCUT2D eigenvalue weighted by molar-refractivity contribution is 7.09. The van der Waals surface area contributed by atoms with Gasteiger partial charge in [-0.15, -0.1) is 11.3 Å². The number of anilines is 1. The van der Waals surface area contributed by atoms with Gasteiger partial charge in [0.1, 0.15) is 0 Å². The molecule has 2 amide bonds. The lowest BCUT2D eigenvalue weighted by atomic mass is 10.1. The topological polar surface area (TPSA) is 88.9 Å². The monoisotopic (exact) mass is 459 g/mol. The van der Waals surface area contributed by atoms with E-state index in [1.807, 2.05) is 17.5 Å². The minimum atomic E-state index is -1.69. The molecule has 0 fully saturated rings. The molecule has 32 heavy (non-hydrogen) atoms. The molecule has 0 spiro atoms. The quantitative estimate of drug-likeness (QED) is 0.431. The highest BCUT2D eigenvalue weighted by Gasteiger charge is 2.18. The Morgan fingerprint density at radius 2 is 1.97 bits per heavy atom. The van der Waals surface area contributed by atoms with Crippen molar-refractivity contribution in [3.8, 4) is 0 Å². The molecule has 0 aliphatic carbocycles. The van der Waals surface area contributed by atoms with Crippen molar-refractivity contribution in [2.75, 3.05) is 11.9 Å². The summed E-state index contributed by atoms with van der Waals surface area (Å²) in [6.07, 6.45) is 1.53. The molecule has 1 aromatic carbocycles. The fourth-order valence-electron chi connectivity index (χ4n) is 3.10. The second kappa shape index (κ2) is 8.79. The molecule has 3 heterocycles. The number of hydrogen-bond donors (Lipinski definition) is 2. The normalized spacial score (nSPS) is 11.0. The Labute approximate surface area is 183 Å². The minimum Gasteiger partial charge on any atom is -0.343 e. The first-order valence-electron chi connectivity index (χ1n) is 9.40. The van der Waals surface area contributed by atoms with Crippen LogP contribution in [0.3, 0.4) is 0 Å². The molecular weight excluding hydrogens is 443 g/mol. The maximum absolute atomic E-state index is 13.7. The summed E-state index contributed by atoms with van der Waals surface area (Å²) in [5.41, 5.74) is 0.859. The molecule has 0 aliphatic heterocycles. The lowest BCUT2D eigenvalue weighted by Gasteiger charge is -2.09. The molecule has 2 N–H and O–H groups in total. The van der Waals surface area contributed by atoms with Crippen LogP contribution in [0.4, 0.5) is 18.9 Å². The average Bonchev–Trinajstić information content (AvgIpc) is 3.42. The molecule has 4 rings (SSSR count). The van der Waals surface area contributed by atoms with Crippen molar-refractivity contribution in [1.29, 1.82) is 0 Å². The van der Waals surface area contributed by atoms with E-state index in [0.29, 0.717) is 29.3 Å². The van der Waals surface area contributed by atoms with Gasteiger partial charge in [0.2, 0.25) is 5.91 Å². The third kappa shape index (κ3) is 4.33. The second-order valence-corrected chi connectivity index (χ2v) is 7.92. The SMILES string of the molecule is Cc1cc(C(=O)NCC(=O)Nc2ccc(F)c(F)c2F)c2cnn(Cc3cccs3)c2n1. The zero-order chi connectivity index (χ0) is 22.8. The zero-order valence-electron chi connectivity index (χ0n) is 16.7. The predicted molar refractivity (Wildman–Crippen MR) is 113 cm³/mol. The molecular formula is C21H16F3N5O2S. The molecule has 0 aliphatic rings. The van der Waals surface area contributed by atoms with E-state index in [9.17, 15) is 22.8 Å². The summed E-state index contributed by atoms with van der Waals surface area (Å²) in [5, 5.41) is 11.3. The van der Waals surface area contributed by atoms with Crippen molar-refractivity contribution < 1.29 is 22.8 Å². The summed E-state index contributed by atoms with van der Waals surface area (Å²) >= 11 is 1.58. The minimum absolute atomic E-state index is 0.275. The number of carbonyl (C=O) groups excluding carboxylic acids is 2. The molecule has 164 valence electrons. The number of nitrogens with one attached hydrogen (secondary N) is 2. The fourth-order valence-corrected chi connectivity index (χ4v) is 3.79. The number of pyridine rings is 1. The van der Waals surface area contributed by atoms with E-state index in [4.69, 9.17) is 0 Å². The molecule has 0 bridgehead atoms. The maximum Gasteiger partial charge on any atom is 0.252 e. The van der Waals surface area contributed by atoms with Crippen LogP contribution in [0.1, 0.15) is 20.9 Å². The number of thiophene rings is 1. The molecule has 0 saturated carbocycles. The number of carbonyl (C=O) groups is 2. The molecule has 4 aromatic rings. The van der Waals surface area contributed by atoms with E-state index in [0.717, 1.165) is 10.9 Å². The molecule has 0 atom stereocenters. The first kappa shape index (κ1) is 21.5. The predicted octanol–water partition coefficient (Wildman–Crippen LogP) is 3.64. The second-order valence-electron chi connectivity index (χ2n) is 6.88. The molecule has 0 radical (unpaired) electrons. The summed E-state index contributed by atoms with van der Waals surface area (Å²) < 4.78 is 41.7. The number of amides is 2. The van der Waals surface area contributed by atoms with Gasteiger partial charge in [0.15, 0.2) is 23.1 Å². The lowest BCUT2D eigenvalue weighted by Crippen LogP contribution is -2.33. The van der Waals surface area contributed by atoms with Crippen LogP contribution >= 0.6 is 11.3 Å². The Bertz CT molecular complexity index is 1320. The number of nitrogens with zero attached hydrogens (tertiary/aromatic N) is 3. The van der Waals surface area contributed by atoms with Gasteiger partial charge in [0.25, 0.3) is 5.91 Å². The Hall–Kier alpha value is -3.73. The van der Waals surface area contributed by atoms with Gasteiger partial charge in [-0.05, 0) is 36.6 Å². The van der Waals surface area contributed by atoms with Crippen molar-refractivity contribution in [2.24, 2.45) is 0 Å². The van der Waals surface area contributed by atoms with Crippen LogP contribution < -0.4 is 10.6 Å². The van der Waals surface area contributed by atoms with Gasteiger partial charge in [0, 0.05) is 10.6 Å². The third-order valence-electron chi connectivity index (χ3n) is 4.59. The van der Waals surface area contributed by atoms with Gasteiger partial charge in [-0.2, -0.15) is 5.10 Å². The Morgan fingerprint density at radius 3 is 2.72 bits per heavy atom. The number of halogens is 3. The van der Waals surface area contributed by atoms with Gasteiger partial charge < -0.3 is 10.6 Å². The number of benzene rings is 1. The Morgan fingerprint density at radius 1 is 1.16 bits per heavy atom. The number of aromatic nitrogens is 3. The summed E-state index contributed by atoms with van der Waals surface area (Å²) in [6.45, 7) is 1.72. The Balaban J connectivity index is 1.48. The van der Waals surface area contributed by atoms with E-state index < -0.39 is 41.5 Å². The molecule has 3 aromatic heterocycles. The van der Waals surface area contributed by atoms with E-state index >= 15 is 0 Å². The molecule has 0 unspecified atom stereocenters. The van der Waals surface area contributed by atoms with E-state index in [1.165, 1.54) is 6.20 Å². The maximum atomic E-state index is 13.7. The smallest absolute Gasteiger partial charge is 0.252 e. The largest absolute Gasteiger partial charge is 0.343 e. The molecule has 11 heteroatoms. The van der Waals surface area contributed by atoms with Crippen LogP contribution in [0.15, 0.2) is 41.9 Å². The van der Waals surface area contributed by atoms with Gasteiger partial charge in [-0.3, -0.25) is 9.59 Å². The van der Waals surface area contributed by atoms with Gasteiger partial charge in [0.05, 0.1) is 35.9 Å².